The van der Waals surface area contributed by atoms with E-state index in [0.717, 1.165) is 19.8 Å². The SMILES string of the molecule is Cn1c(=O)c2c(nc(NN=Cc3c(O)n(-c4ccc(Br)cc4)c(=O)[nH]c3=O)n2C)n(C)c1=O. The van der Waals surface area contributed by atoms with E-state index in [9.17, 15) is 24.3 Å². The Morgan fingerprint density at radius 2 is 1.73 bits per heavy atom. The number of halogens is 1. The first-order chi connectivity index (χ1) is 15.6. The van der Waals surface area contributed by atoms with Crippen molar-refractivity contribution in [1.29, 1.82) is 0 Å². The molecule has 4 aromatic rings. The molecule has 3 heterocycles. The summed E-state index contributed by atoms with van der Waals surface area (Å²) in [5, 5.41) is 14.5. The van der Waals surface area contributed by atoms with Crippen molar-refractivity contribution in [3.8, 4) is 11.6 Å². The molecule has 170 valence electrons. The monoisotopic (exact) mass is 516 g/mol. The number of benzene rings is 1. The van der Waals surface area contributed by atoms with Crippen LogP contribution in [0.1, 0.15) is 5.56 Å². The van der Waals surface area contributed by atoms with Gasteiger partial charge in [-0.2, -0.15) is 10.1 Å². The predicted molar refractivity (Wildman–Crippen MR) is 124 cm³/mol. The highest BCUT2D eigenvalue weighted by atomic mass is 79.9. The highest BCUT2D eigenvalue weighted by molar-refractivity contribution is 9.10. The molecule has 3 aromatic heterocycles. The lowest BCUT2D eigenvalue weighted by atomic mass is 10.3. The lowest BCUT2D eigenvalue weighted by molar-refractivity contribution is 0.430. The second-order valence-electron chi connectivity index (χ2n) is 7.05. The largest absolute Gasteiger partial charge is 0.493 e. The van der Waals surface area contributed by atoms with Gasteiger partial charge in [0.15, 0.2) is 11.2 Å². The van der Waals surface area contributed by atoms with Crippen LogP contribution in [0.25, 0.3) is 16.9 Å². The summed E-state index contributed by atoms with van der Waals surface area (Å²) >= 11 is 3.29. The average Bonchev–Trinajstić information content (AvgIpc) is 3.10. The molecule has 0 spiro atoms. The van der Waals surface area contributed by atoms with E-state index in [1.807, 2.05) is 0 Å². The van der Waals surface area contributed by atoms with Gasteiger partial charge in [-0.1, -0.05) is 15.9 Å². The minimum Gasteiger partial charge on any atom is -0.493 e. The van der Waals surface area contributed by atoms with Gasteiger partial charge in [0.05, 0.1) is 11.9 Å². The number of aryl methyl sites for hydroxylation is 2. The molecule has 0 aliphatic rings. The van der Waals surface area contributed by atoms with Crippen LogP contribution in [0.3, 0.4) is 0 Å². The normalized spacial score (nSPS) is 11.5. The third-order valence-electron chi connectivity index (χ3n) is 5.04. The minimum atomic E-state index is -0.849. The van der Waals surface area contributed by atoms with E-state index in [1.165, 1.54) is 23.2 Å². The number of aromatic hydroxyl groups is 1. The molecule has 1 aromatic carbocycles. The van der Waals surface area contributed by atoms with Gasteiger partial charge in [-0.3, -0.25) is 23.7 Å². The second kappa shape index (κ2) is 8.05. The summed E-state index contributed by atoms with van der Waals surface area (Å²) in [6.45, 7) is 0. The molecule has 0 saturated heterocycles. The minimum absolute atomic E-state index is 0.108. The summed E-state index contributed by atoms with van der Waals surface area (Å²) < 4.78 is 5.27. The van der Waals surface area contributed by atoms with Crippen LogP contribution in [0.4, 0.5) is 5.95 Å². The smallest absolute Gasteiger partial charge is 0.335 e. The number of aromatic nitrogens is 6. The van der Waals surface area contributed by atoms with Crippen LogP contribution < -0.4 is 27.9 Å². The lowest BCUT2D eigenvalue weighted by Gasteiger charge is -2.09. The first-order valence-corrected chi connectivity index (χ1v) is 10.2. The summed E-state index contributed by atoms with van der Waals surface area (Å²) in [5.74, 6) is -0.505. The van der Waals surface area contributed by atoms with Gasteiger partial charge < -0.3 is 9.67 Å². The Labute approximate surface area is 192 Å². The zero-order valence-electron chi connectivity index (χ0n) is 17.5. The quantitative estimate of drug-likeness (QED) is 0.248. The molecule has 0 fully saturated rings. The van der Waals surface area contributed by atoms with Crippen LogP contribution in [0, 0.1) is 0 Å². The molecule has 0 atom stereocenters. The molecule has 0 saturated carbocycles. The number of anilines is 1. The molecule has 3 N–H and O–H groups in total. The summed E-state index contributed by atoms with van der Waals surface area (Å²) in [7, 11) is 4.39. The number of imidazole rings is 1. The number of hydrogen-bond donors (Lipinski definition) is 3. The Morgan fingerprint density at radius 3 is 2.39 bits per heavy atom. The van der Waals surface area contributed by atoms with Crippen LogP contribution >= 0.6 is 15.9 Å². The van der Waals surface area contributed by atoms with E-state index in [1.54, 1.807) is 31.3 Å². The number of nitrogens with zero attached hydrogens (tertiary/aromatic N) is 6. The topological polar surface area (TPSA) is 161 Å². The maximum Gasteiger partial charge on any atom is 0.335 e. The summed E-state index contributed by atoms with van der Waals surface area (Å²) in [6.07, 6.45) is 1.01. The third-order valence-corrected chi connectivity index (χ3v) is 5.57. The van der Waals surface area contributed by atoms with Crippen LogP contribution in [-0.2, 0) is 21.1 Å². The van der Waals surface area contributed by atoms with Crippen molar-refractivity contribution in [3.63, 3.8) is 0 Å². The molecular weight excluding hydrogens is 500 g/mol. The van der Waals surface area contributed by atoms with Crippen molar-refractivity contribution in [3.05, 3.63) is 76.0 Å². The number of aromatic amines is 1. The fourth-order valence-electron chi connectivity index (χ4n) is 3.26. The number of rotatable bonds is 4. The molecule has 33 heavy (non-hydrogen) atoms. The standard InChI is InChI=1S/C19H17BrN8O5/c1-25-12-13(26(2)19(33)27(3)16(12)31)22-17(25)24-21-8-11-14(29)23-18(32)28(15(11)30)10-6-4-9(20)5-7-10/h4-8,30H,1-3H3,(H,22,24)(H,23,29,32). The van der Waals surface area contributed by atoms with E-state index in [-0.39, 0.29) is 22.7 Å². The number of nitrogens with one attached hydrogen (secondary N) is 2. The van der Waals surface area contributed by atoms with Crippen LogP contribution in [-0.4, -0.2) is 39.6 Å². The van der Waals surface area contributed by atoms with Gasteiger partial charge in [0.1, 0.15) is 5.56 Å². The lowest BCUT2D eigenvalue weighted by Crippen LogP contribution is -2.37. The van der Waals surface area contributed by atoms with Crippen molar-refractivity contribution < 1.29 is 5.11 Å². The van der Waals surface area contributed by atoms with E-state index < -0.39 is 28.4 Å². The van der Waals surface area contributed by atoms with Gasteiger partial charge in [0.2, 0.25) is 11.8 Å². The van der Waals surface area contributed by atoms with Crippen LogP contribution in [0.5, 0.6) is 5.88 Å². The number of hydrogen-bond acceptors (Lipinski definition) is 8. The van der Waals surface area contributed by atoms with Crippen molar-refractivity contribution in [1.82, 2.24) is 28.2 Å². The first kappa shape index (κ1) is 22.0. The van der Waals surface area contributed by atoms with E-state index in [4.69, 9.17) is 0 Å². The van der Waals surface area contributed by atoms with Crippen LogP contribution in [0.15, 0.2) is 53.0 Å². The number of fused-ring (bicyclic) bond motifs is 1. The van der Waals surface area contributed by atoms with Gasteiger partial charge >= 0.3 is 11.4 Å². The Morgan fingerprint density at radius 1 is 1.06 bits per heavy atom. The Bertz CT molecular complexity index is 1670. The number of H-pyrrole nitrogens is 1. The van der Waals surface area contributed by atoms with Gasteiger partial charge in [0.25, 0.3) is 11.1 Å². The number of hydrazone groups is 1. The Hall–Kier alpha value is -4.20. The molecule has 14 heteroatoms. The average molecular weight is 517 g/mol. The van der Waals surface area contributed by atoms with Gasteiger partial charge in [-0.15, -0.1) is 0 Å². The molecule has 0 unspecified atom stereocenters. The third kappa shape index (κ3) is 3.59. The molecule has 0 amide bonds. The summed E-state index contributed by atoms with van der Waals surface area (Å²) in [5.41, 5.74) is 0.197. The predicted octanol–water partition coefficient (Wildman–Crippen LogP) is -0.276. The molecule has 0 bridgehead atoms. The van der Waals surface area contributed by atoms with E-state index >= 15 is 0 Å². The Kier molecular flexibility index (Phi) is 5.37. The molecular formula is C19H17BrN8O5. The molecule has 0 radical (unpaired) electrons. The van der Waals surface area contributed by atoms with E-state index in [0.29, 0.717) is 5.69 Å². The molecule has 0 aliphatic carbocycles. The zero-order chi connectivity index (χ0) is 24.0. The summed E-state index contributed by atoms with van der Waals surface area (Å²) in [6, 6.07) is 6.50. The second-order valence-corrected chi connectivity index (χ2v) is 7.97. The van der Waals surface area contributed by atoms with Gasteiger partial charge in [-0.05, 0) is 24.3 Å². The maximum absolute atomic E-state index is 12.5. The fraction of sp³-hybridized carbons (Fsp3) is 0.158. The van der Waals surface area contributed by atoms with Crippen molar-refractivity contribution in [2.75, 3.05) is 5.43 Å². The van der Waals surface area contributed by atoms with E-state index in [2.05, 4.69) is 36.4 Å². The van der Waals surface area contributed by atoms with Crippen molar-refractivity contribution >= 4 is 39.3 Å². The first-order valence-electron chi connectivity index (χ1n) is 9.37. The van der Waals surface area contributed by atoms with Crippen LogP contribution in [0.2, 0.25) is 0 Å². The molecule has 4 rings (SSSR count). The fourth-order valence-corrected chi connectivity index (χ4v) is 3.52. The van der Waals surface area contributed by atoms with Crippen molar-refractivity contribution in [2.24, 2.45) is 26.2 Å². The highest BCUT2D eigenvalue weighted by Gasteiger charge is 2.17. The van der Waals surface area contributed by atoms with Gasteiger partial charge in [0, 0.05) is 25.6 Å². The van der Waals surface area contributed by atoms with Gasteiger partial charge in [-0.25, -0.2) is 19.6 Å². The van der Waals surface area contributed by atoms with Crippen molar-refractivity contribution in [2.45, 2.75) is 0 Å². The molecule has 13 nitrogen and oxygen atoms in total. The maximum atomic E-state index is 12.5. The summed E-state index contributed by atoms with van der Waals surface area (Å²) in [4.78, 5) is 55.4. The molecule has 0 aliphatic heterocycles. The zero-order valence-corrected chi connectivity index (χ0v) is 19.1. The Balaban J connectivity index is 1.75. The highest BCUT2D eigenvalue weighted by Crippen LogP contribution is 2.18.